The van der Waals surface area contributed by atoms with Gasteiger partial charge in [0.05, 0.1) is 6.54 Å². The van der Waals surface area contributed by atoms with Crippen molar-refractivity contribution in [1.82, 2.24) is 9.78 Å². The maximum absolute atomic E-state index is 13.6. The van der Waals surface area contributed by atoms with E-state index in [-0.39, 0.29) is 12.4 Å². The molecule has 88 valence electrons. The molecule has 17 heavy (non-hydrogen) atoms. The monoisotopic (exact) mass is 233 g/mol. The molecule has 5 heteroatoms. The Balaban J connectivity index is 2.35. The van der Waals surface area contributed by atoms with Crippen LogP contribution >= 0.6 is 0 Å². The van der Waals surface area contributed by atoms with Crippen LogP contribution in [-0.2, 0) is 6.54 Å². The molecule has 0 atom stereocenters. The fourth-order valence-corrected chi connectivity index (χ4v) is 1.57. The number of carbonyl (C=O) groups excluding carboxylic acids is 1. The van der Waals surface area contributed by atoms with Crippen LogP contribution in [0.2, 0.25) is 0 Å². The fourth-order valence-electron chi connectivity index (χ4n) is 1.57. The summed E-state index contributed by atoms with van der Waals surface area (Å²) in [6, 6.07) is 5.90. The van der Waals surface area contributed by atoms with E-state index in [0.717, 1.165) is 5.69 Å². The van der Waals surface area contributed by atoms with Gasteiger partial charge in [0.2, 0.25) is 5.91 Å². The standard InChI is InChI=1S/C12H12FN3O/c1-8-4-5-15-16(8)7-10-6-9(12(14)17)2-3-11(10)13/h2-6H,7H2,1H3,(H2,14,17). The van der Waals surface area contributed by atoms with Crippen LogP contribution < -0.4 is 5.73 Å². The third-order valence-corrected chi connectivity index (χ3v) is 2.58. The minimum atomic E-state index is -0.566. The van der Waals surface area contributed by atoms with Gasteiger partial charge in [0, 0.05) is 23.0 Å². The molecule has 1 heterocycles. The van der Waals surface area contributed by atoms with Crippen molar-refractivity contribution in [2.45, 2.75) is 13.5 Å². The third-order valence-electron chi connectivity index (χ3n) is 2.58. The molecule has 0 unspecified atom stereocenters. The van der Waals surface area contributed by atoms with Gasteiger partial charge in [-0.3, -0.25) is 9.48 Å². The van der Waals surface area contributed by atoms with Crippen molar-refractivity contribution in [3.63, 3.8) is 0 Å². The Bertz CT molecular complexity index is 563. The van der Waals surface area contributed by atoms with Crippen LogP contribution in [-0.4, -0.2) is 15.7 Å². The zero-order valence-corrected chi connectivity index (χ0v) is 9.35. The molecule has 0 saturated heterocycles. The first-order valence-electron chi connectivity index (χ1n) is 5.14. The Labute approximate surface area is 97.9 Å². The average Bonchev–Trinajstić information content (AvgIpc) is 2.67. The zero-order valence-electron chi connectivity index (χ0n) is 9.35. The summed E-state index contributed by atoms with van der Waals surface area (Å²) in [4.78, 5) is 11.0. The van der Waals surface area contributed by atoms with Gasteiger partial charge in [-0.05, 0) is 31.2 Å². The number of amides is 1. The number of benzene rings is 1. The molecule has 2 N–H and O–H groups in total. The van der Waals surface area contributed by atoms with Gasteiger partial charge in [0.15, 0.2) is 0 Å². The highest BCUT2D eigenvalue weighted by Crippen LogP contribution is 2.12. The molecule has 2 rings (SSSR count). The van der Waals surface area contributed by atoms with Crippen molar-refractivity contribution < 1.29 is 9.18 Å². The van der Waals surface area contributed by atoms with E-state index in [1.807, 2.05) is 13.0 Å². The number of halogens is 1. The molecule has 1 aromatic heterocycles. The Morgan fingerprint density at radius 1 is 1.47 bits per heavy atom. The lowest BCUT2D eigenvalue weighted by Gasteiger charge is -2.07. The molecule has 4 nitrogen and oxygen atoms in total. The summed E-state index contributed by atoms with van der Waals surface area (Å²) in [5.41, 5.74) is 6.77. The topological polar surface area (TPSA) is 60.9 Å². The summed E-state index contributed by atoms with van der Waals surface area (Å²) in [6.07, 6.45) is 1.64. The minimum Gasteiger partial charge on any atom is -0.366 e. The van der Waals surface area contributed by atoms with Crippen molar-refractivity contribution in [3.8, 4) is 0 Å². The Kier molecular flexibility index (Phi) is 2.91. The molecule has 0 aliphatic carbocycles. The Morgan fingerprint density at radius 2 is 2.24 bits per heavy atom. The normalized spacial score (nSPS) is 10.5. The molecule has 0 fully saturated rings. The number of aryl methyl sites for hydroxylation is 1. The number of aromatic nitrogens is 2. The highest BCUT2D eigenvalue weighted by Gasteiger charge is 2.08. The van der Waals surface area contributed by atoms with E-state index in [4.69, 9.17) is 5.73 Å². The second-order valence-corrected chi connectivity index (χ2v) is 3.80. The van der Waals surface area contributed by atoms with Crippen LogP contribution in [0.3, 0.4) is 0 Å². The molecule has 0 radical (unpaired) electrons. The lowest BCUT2D eigenvalue weighted by atomic mass is 10.1. The molecular formula is C12H12FN3O. The number of carbonyl (C=O) groups is 1. The molecule has 2 aromatic rings. The van der Waals surface area contributed by atoms with Crippen LogP contribution in [0, 0.1) is 12.7 Å². The van der Waals surface area contributed by atoms with Crippen molar-refractivity contribution in [2.75, 3.05) is 0 Å². The van der Waals surface area contributed by atoms with Crippen LogP contribution in [0.1, 0.15) is 21.6 Å². The maximum atomic E-state index is 13.6. The van der Waals surface area contributed by atoms with Crippen molar-refractivity contribution >= 4 is 5.91 Å². The number of hydrogen-bond acceptors (Lipinski definition) is 2. The quantitative estimate of drug-likeness (QED) is 0.872. The van der Waals surface area contributed by atoms with Crippen LogP contribution in [0.25, 0.3) is 0 Å². The van der Waals surface area contributed by atoms with E-state index >= 15 is 0 Å². The summed E-state index contributed by atoms with van der Waals surface area (Å²) in [6.45, 7) is 2.16. The van der Waals surface area contributed by atoms with Crippen molar-refractivity contribution in [2.24, 2.45) is 5.73 Å². The van der Waals surface area contributed by atoms with Gasteiger partial charge in [0.25, 0.3) is 0 Å². The molecule has 0 spiro atoms. The van der Waals surface area contributed by atoms with Crippen molar-refractivity contribution in [3.05, 3.63) is 53.1 Å². The molecular weight excluding hydrogens is 221 g/mol. The fraction of sp³-hybridized carbons (Fsp3) is 0.167. The molecule has 0 aliphatic heterocycles. The molecule has 0 saturated carbocycles. The number of hydrogen-bond donors (Lipinski definition) is 1. The average molecular weight is 233 g/mol. The Morgan fingerprint density at radius 3 is 2.82 bits per heavy atom. The second kappa shape index (κ2) is 4.37. The summed E-state index contributed by atoms with van der Waals surface area (Å²) >= 11 is 0. The maximum Gasteiger partial charge on any atom is 0.248 e. The van der Waals surface area contributed by atoms with Gasteiger partial charge in [-0.2, -0.15) is 5.10 Å². The molecule has 1 aromatic carbocycles. The van der Waals surface area contributed by atoms with E-state index in [1.54, 1.807) is 10.9 Å². The Hall–Kier alpha value is -2.17. The number of primary amides is 1. The third kappa shape index (κ3) is 2.33. The van der Waals surface area contributed by atoms with Crippen LogP contribution in [0.5, 0.6) is 0 Å². The van der Waals surface area contributed by atoms with E-state index in [1.165, 1.54) is 18.2 Å². The molecule has 0 aliphatic rings. The smallest absolute Gasteiger partial charge is 0.248 e. The van der Waals surface area contributed by atoms with E-state index < -0.39 is 5.91 Å². The van der Waals surface area contributed by atoms with Crippen LogP contribution in [0.4, 0.5) is 4.39 Å². The zero-order chi connectivity index (χ0) is 12.4. The van der Waals surface area contributed by atoms with Gasteiger partial charge in [-0.15, -0.1) is 0 Å². The minimum absolute atomic E-state index is 0.284. The highest BCUT2D eigenvalue weighted by atomic mass is 19.1. The number of nitrogens with zero attached hydrogens (tertiary/aromatic N) is 2. The first kappa shape index (κ1) is 11.3. The largest absolute Gasteiger partial charge is 0.366 e. The van der Waals surface area contributed by atoms with Gasteiger partial charge in [-0.1, -0.05) is 0 Å². The predicted octanol–water partition coefficient (Wildman–Crippen LogP) is 1.48. The lowest BCUT2D eigenvalue weighted by molar-refractivity contribution is 0.1000. The van der Waals surface area contributed by atoms with Gasteiger partial charge >= 0.3 is 0 Å². The summed E-state index contributed by atoms with van der Waals surface area (Å²) in [5, 5.41) is 4.06. The summed E-state index contributed by atoms with van der Waals surface area (Å²) in [5.74, 6) is -0.937. The van der Waals surface area contributed by atoms with E-state index in [2.05, 4.69) is 5.10 Å². The van der Waals surface area contributed by atoms with E-state index in [9.17, 15) is 9.18 Å². The first-order valence-corrected chi connectivity index (χ1v) is 5.14. The van der Waals surface area contributed by atoms with Crippen molar-refractivity contribution in [1.29, 1.82) is 0 Å². The highest BCUT2D eigenvalue weighted by molar-refractivity contribution is 5.92. The molecule has 0 bridgehead atoms. The van der Waals surface area contributed by atoms with Gasteiger partial charge in [0.1, 0.15) is 5.82 Å². The number of nitrogens with two attached hydrogens (primary N) is 1. The second-order valence-electron chi connectivity index (χ2n) is 3.80. The predicted molar refractivity (Wildman–Crippen MR) is 61.0 cm³/mol. The summed E-state index contributed by atoms with van der Waals surface area (Å²) < 4.78 is 15.2. The first-order chi connectivity index (χ1) is 8.08. The molecule has 1 amide bonds. The number of rotatable bonds is 3. The lowest BCUT2D eigenvalue weighted by Crippen LogP contribution is -2.13. The van der Waals surface area contributed by atoms with Gasteiger partial charge in [-0.25, -0.2) is 4.39 Å². The van der Waals surface area contributed by atoms with Crippen LogP contribution in [0.15, 0.2) is 30.5 Å². The summed E-state index contributed by atoms with van der Waals surface area (Å²) in [7, 11) is 0. The van der Waals surface area contributed by atoms with Gasteiger partial charge < -0.3 is 5.73 Å². The SMILES string of the molecule is Cc1ccnn1Cc1cc(C(N)=O)ccc1F. The van der Waals surface area contributed by atoms with E-state index in [0.29, 0.717) is 11.1 Å².